The molecule has 84 valence electrons. The van der Waals surface area contributed by atoms with Crippen LogP contribution in [0.4, 0.5) is 11.5 Å². The van der Waals surface area contributed by atoms with Gasteiger partial charge in [0.2, 0.25) is 0 Å². The van der Waals surface area contributed by atoms with E-state index in [1.54, 1.807) is 12.1 Å². The Bertz CT molecular complexity index is 313. The normalized spacial score (nSPS) is 10.7. The number of aromatic nitrogens is 1. The third-order valence-corrected chi connectivity index (χ3v) is 2.35. The van der Waals surface area contributed by atoms with Crippen LogP contribution in [0.1, 0.15) is 26.7 Å². The summed E-state index contributed by atoms with van der Waals surface area (Å²) >= 11 is 5.77. The van der Waals surface area contributed by atoms with Gasteiger partial charge in [0.15, 0.2) is 5.82 Å². The molecule has 0 aliphatic rings. The summed E-state index contributed by atoms with van der Waals surface area (Å²) in [4.78, 5) is 4.12. The number of anilines is 2. The van der Waals surface area contributed by atoms with Gasteiger partial charge in [-0.05, 0) is 30.9 Å². The average molecular weight is 228 g/mol. The zero-order chi connectivity index (χ0) is 11.3. The van der Waals surface area contributed by atoms with E-state index in [0.29, 0.717) is 16.7 Å². The van der Waals surface area contributed by atoms with Crippen molar-refractivity contribution in [2.45, 2.75) is 26.7 Å². The number of nitrogen functional groups attached to an aromatic ring is 1. The number of rotatable bonds is 5. The van der Waals surface area contributed by atoms with E-state index in [-0.39, 0.29) is 0 Å². The van der Waals surface area contributed by atoms with Gasteiger partial charge >= 0.3 is 0 Å². The number of hydrogen-bond acceptors (Lipinski definition) is 3. The summed E-state index contributed by atoms with van der Waals surface area (Å²) in [7, 11) is 0. The van der Waals surface area contributed by atoms with Crippen LogP contribution in [0.5, 0.6) is 0 Å². The van der Waals surface area contributed by atoms with Gasteiger partial charge in [0.05, 0.1) is 5.69 Å². The summed E-state index contributed by atoms with van der Waals surface area (Å²) in [6.45, 7) is 5.31. The van der Waals surface area contributed by atoms with Gasteiger partial charge in [0.25, 0.3) is 0 Å². The smallest absolute Gasteiger partial charge is 0.150 e. The highest BCUT2D eigenvalue weighted by Crippen LogP contribution is 2.18. The number of hydrogen-bond donors (Lipinski definition) is 2. The second kappa shape index (κ2) is 5.81. The van der Waals surface area contributed by atoms with Gasteiger partial charge in [0.1, 0.15) is 5.15 Å². The molecule has 1 heterocycles. The van der Waals surface area contributed by atoms with E-state index < -0.39 is 0 Å². The van der Waals surface area contributed by atoms with Crippen molar-refractivity contribution < 1.29 is 0 Å². The molecule has 0 atom stereocenters. The predicted molar refractivity (Wildman–Crippen MR) is 66.2 cm³/mol. The Labute approximate surface area is 96.0 Å². The fourth-order valence-corrected chi connectivity index (χ4v) is 1.45. The van der Waals surface area contributed by atoms with Crippen molar-refractivity contribution in [3.8, 4) is 0 Å². The lowest BCUT2D eigenvalue weighted by molar-refractivity contribution is 0.567. The first-order valence-corrected chi connectivity index (χ1v) is 5.63. The molecule has 15 heavy (non-hydrogen) atoms. The van der Waals surface area contributed by atoms with Crippen molar-refractivity contribution in [3.63, 3.8) is 0 Å². The maximum atomic E-state index is 5.77. The second-order valence-corrected chi connectivity index (χ2v) is 4.42. The number of nitrogens with zero attached hydrogens (tertiary/aromatic N) is 1. The number of halogens is 1. The maximum Gasteiger partial charge on any atom is 0.150 e. The maximum absolute atomic E-state index is 5.77. The van der Waals surface area contributed by atoms with Gasteiger partial charge < -0.3 is 11.1 Å². The number of pyridine rings is 1. The molecule has 0 unspecified atom stereocenters. The second-order valence-electron chi connectivity index (χ2n) is 4.03. The van der Waals surface area contributed by atoms with Crippen LogP contribution in [0.2, 0.25) is 5.15 Å². The highest BCUT2D eigenvalue weighted by molar-refractivity contribution is 6.29. The van der Waals surface area contributed by atoms with E-state index in [9.17, 15) is 0 Å². The third kappa shape index (κ3) is 4.38. The van der Waals surface area contributed by atoms with E-state index in [4.69, 9.17) is 17.3 Å². The Kier molecular flexibility index (Phi) is 4.69. The van der Waals surface area contributed by atoms with Gasteiger partial charge in [-0.1, -0.05) is 25.4 Å². The molecule has 1 aromatic rings. The Morgan fingerprint density at radius 3 is 2.87 bits per heavy atom. The number of nitrogens with two attached hydrogens (primary N) is 1. The Morgan fingerprint density at radius 1 is 1.47 bits per heavy atom. The quantitative estimate of drug-likeness (QED) is 0.600. The van der Waals surface area contributed by atoms with Crippen LogP contribution >= 0.6 is 11.6 Å². The van der Waals surface area contributed by atoms with Crippen LogP contribution in [-0.2, 0) is 0 Å². The minimum atomic E-state index is 0.468. The molecule has 0 fully saturated rings. The van der Waals surface area contributed by atoms with Gasteiger partial charge in [-0.15, -0.1) is 0 Å². The van der Waals surface area contributed by atoms with Crippen LogP contribution in [0.25, 0.3) is 0 Å². The van der Waals surface area contributed by atoms with Crippen molar-refractivity contribution >= 4 is 23.1 Å². The molecule has 3 nitrogen and oxygen atoms in total. The van der Waals surface area contributed by atoms with Gasteiger partial charge in [-0.2, -0.15) is 0 Å². The number of nitrogens with one attached hydrogen (secondary N) is 1. The minimum Gasteiger partial charge on any atom is -0.396 e. The largest absolute Gasteiger partial charge is 0.396 e. The molecule has 3 N–H and O–H groups in total. The van der Waals surface area contributed by atoms with Gasteiger partial charge in [-0.25, -0.2) is 4.98 Å². The lowest BCUT2D eigenvalue weighted by atomic mass is 10.1. The molecular weight excluding hydrogens is 210 g/mol. The standard InChI is InChI=1S/C11H18ClN3/c1-8(2)4-3-7-14-11-9(13)5-6-10(12)15-11/h5-6,8H,3-4,7,13H2,1-2H3,(H,14,15). The van der Waals surface area contributed by atoms with E-state index >= 15 is 0 Å². The lowest BCUT2D eigenvalue weighted by Crippen LogP contribution is -2.07. The monoisotopic (exact) mass is 227 g/mol. The molecule has 1 aromatic heterocycles. The van der Waals surface area contributed by atoms with Crippen molar-refractivity contribution in [2.75, 3.05) is 17.6 Å². The molecule has 0 aromatic carbocycles. The lowest BCUT2D eigenvalue weighted by Gasteiger charge is -2.09. The summed E-state index contributed by atoms with van der Waals surface area (Å²) in [6, 6.07) is 3.45. The van der Waals surface area contributed by atoms with Crippen LogP contribution < -0.4 is 11.1 Å². The van der Waals surface area contributed by atoms with E-state index in [1.807, 2.05) is 0 Å². The van der Waals surface area contributed by atoms with Crippen molar-refractivity contribution in [1.82, 2.24) is 4.98 Å². The molecule has 0 radical (unpaired) electrons. The highest BCUT2D eigenvalue weighted by atomic mass is 35.5. The zero-order valence-corrected chi connectivity index (χ0v) is 10.0. The molecule has 0 aliphatic heterocycles. The highest BCUT2D eigenvalue weighted by Gasteiger charge is 2.01. The topological polar surface area (TPSA) is 50.9 Å². The molecular formula is C11H18ClN3. The fourth-order valence-electron chi connectivity index (χ4n) is 1.30. The van der Waals surface area contributed by atoms with E-state index in [2.05, 4.69) is 24.1 Å². The zero-order valence-electron chi connectivity index (χ0n) is 9.26. The fraction of sp³-hybridized carbons (Fsp3) is 0.545. The summed E-state index contributed by atoms with van der Waals surface area (Å²) in [6.07, 6.45) is 2.32. The van der Waals surface area contributed by atoms with Crippen molar-refractivity contribution in [3.05, 3.63) is 17.3 Å². The molecule has 0 saturated heterocycles. The van der Waals surface area contributed by atoms with Crippen molar-refractivity contribution in [2.24, 2.45) is 5.92 Å². The average Bonchev–Trinajstić information content (AvgIpc) is 2.17. The summed E-state index contributed by atoms with van der Waals surface area (Å²) < 4.78 is 0. The Morgan fingerprint density at radius 2 is 2.20 bits per heavy atom. The first-order valence-electron chi connectivity index (χ1n) is 5.25. The Hall–Kier alpha value is -0.960. The van der Waals surface area contributed by atoms with Crippen LogP contribution in [0.3, 0.4) is 0 Å². The molecule has 0 saturated carbocycles. The molecule has 0 spiro atoms. The molecule has 0 bridgehead atoms. The van der Waals surface area contributed by atoms with Crippen molar-refractivity contribution in [1.29, 1.82) is 0 Å². The summed E-state index contributed by atoms with van der Waals surface area (Å²) in [5.74, 6) is 1.42. The van der Waals surface area contributed by atoms with Crippen LogP contribution in [-0.4, -0.2) is 11.5 Å². The predicted octanol–water partition coefficient (Wildman–Crippen LogP) is 3.17. The first-order chi connectivity index (χ1) is 7.09. The minimum absolute atomic E-state index is 0.468. The summed E-state index contributed by atoms with van der Waals surface area (Å²) in [5, 5.41) is 3.66. The molecule has 1 rings (SSSR count). The van der Waals surface area contributed by atoms with Gasteiger partial charge in [0, 0.05) is 6.54 Å². The molecule has 0 aliphatic carbocycles. The summed E-state index contributed by atoms with van der Waals surface area (Å²) in [5.41, 5.74) is 6.39. The van der Waals surface area contributed by atoms with E-state index in [0.717, 1.165) is 18.9 Å². The Balaban J connectivity index is 2.40. The first kappa shape index (κ1) is 12.1. The third-order valence-electron chi connectivity index (χ3n) is 2.14. The molecule has 0 amide bonds. The van der Waals surface area contributed by atoms with Gasteiger partial charge in [-0.3, -0.25) is 0 Å². The van der Waals surface area contributed by atoms with E-state index in [1.165, 1.54) is 6.42 Å². The molecule has 4 heteroatoms. The SMILES string of the molecule is CC(C)CCCNc1nc(Cl)ccc1N. The van der Waals surface area contributed by atoms with Crippen LogP contribution in [0, 0.1) is 5.92 Å². The van der Waals surface area contributed by atoms with Crippen LogP contribution in [0.15, 0.2) is 12.1 Å².